The third-order valence-corrected chi connectivity index (χ3v) is 3.83. The van der Waals surface area contributed by atoms with Crippen molar-refractivity contribution >= 4 is 12.0 Å². The molecule has 6 nitrogen and oxygen atoms in total. The molecule has 1 heterocycles. The molecule has 6 heteroatoms. The monoisotopic (exact) mass is 326 g/mol. The van der Waals surface area contributed by atoms with E-state index in [-0.39, 0.29) is 19.3 Å². The predicted molar refractivity (Wildman–Crippen MR) is 87.1 cm³/mol. The Bertz CT molecular complexity index is 705. The van der Waals surface area contributed by atoms with Crippen molar-refractivity contribution in [1.82, 2.24) is 10.0 Å². The Balaban J connectivity index is 1.70. The van der Waals surface area contributed by atoms with Gasteiger partial charge in [-0.15, -0.1) is 0 Å². The zero-order valence-electron chi connectivity index (χ0n) is 13.3. The molecule has 0 bridgehead atoms. The highest BCUT2D eigenvalue weighted by Gasteiger charge is 2.37. The average Bonchev–Trinajstić information content (AvgIpc) is 2.62. The van der Waals surface area contributed by atoms with E-state index in [1.54, 1.807) is 24.2 Å². The average molecular weight is 326 g/mol. The van der Waals surface area contributed by atoms with E-state index < -0.39 is 12.0 Å². The molecule has 2 aromatic carbocycles. The van der Waals surface area contributed by atoms with Crippen LogP contribution in [0.15, 0.2) is 60.7 Å². The predicted octanol–water partition coefficient (Wildman–Crippen LogP) is 2.63. The minimum absolute atomic E-state index is 0.197. The minimum atomic E-state index is -0.689. The third-order valence-electron chi connectivity index (χ3n) is 3.83. The number of ether oxygens (including phenoxy) is 2. The Morgan fingerprint density at radius 1 is 1.12 bits per heavy atom. The van der Waals surface area contributed by atoms with Gasteiger partial charge in [0.15, 0.2) is 6.61 Å². The van der Waals surface area contributed by atoms with Crippen LogP contribution in [0.3, 0.4) is 0 Å². The zero-order valence-corrected chi connectivity index (χ0v) is 13.3. The van der Waals surface area contributed by atoms with Gasteiger partial charge in [-0.2, -0.15) is 5.01 Å². The molecule has 0 aliphatic carbocycles. The number of hydrogen-bond donors (Lipinski definition) is 0. The van der Waals surface area contributed by atoms with E-state index in [0.717, 1.165) is 10.6 Å². The molecule has 24 heavy (non-hydrogen) atoms. The lowest BCUT2D eigenvalue weighted by Gasteiger charge is -2.39. The molecule has 1 aliphatic heterocycles. The summed E-state index contributed by atoms with van der Waals surface area (Å²) >= 11 is 0. The van der Waals surface area contributed by atoms with Gasteiger partial charge in [0, 0.05) is 7.05 Å². The molecule has 0 spiro atoms. The lowest BCUT2D eigenvalue weighted by atomic mass is 10.1. The van der Waals surface area contributed by atoms with E-state index in [2.05, 4.69) is 0 Å². The number of cyclic esters (lactones) is 1. The Kier molecular flexibility index (Phi) is 4.77. The number of benzene rings is 2. The molecule has 124 valence electrons. The second-order valence-electron chi connectivity index (χ2n) is 5.38. The number of imide groups is 1. The zero-order chi connectivity index (χ0) is 16.9. The molecule has 1 fully saturated rings. The highest BCUT2D eigenvalue weighted by molar-refractivity contribution is 5.92. The summed E-state index contributed by atoms with van der Waals surface area (Å²) in [5.41, 5.74) is 0.967. The fraction of sp³-hybridized carbons (Fsp3) is 0.222. The first-order valence-electron chi connectivity index (χ1n) is 7.62. The second-order valence-corrected chi connectivity index (χ2v) is 5.38. The maximum absolute atomic E-state index is 12.4. The first kappa shape index (κ1) is 16.0. The quantitative estimate of drug-likeness (QED) is 0.864. The number of hydrogen-bond acceptors (Lipinski definition) is 5. The van der Waals surface area contributed by atoms with Crippen LogP contribution in [-0.2, 0) is 9.53 Å². The van der Waals surface area contributed by atoms with E-state index in [1.165, 1.54) is 0 Å². The van der Waals surface area contributed by atoms with Gasteiger partial charge >= 0.3 is 6.09 Å². The Hall–Kier alpha value is -2.86. The second kappa shape index (κ2) is 7.14. The number of nitrogens with zero attached hydrogens (tertiary/aromatic N) is 2. The molecule has 1 aliphatic rings. The molecule has 1 atom stereocenters. The van der Waals surface area contributed by atoms with Gasteiger partial charge in [-0.05, 0) is 17.7 Å². The number of carbonyl (C=O) groups excluding carboxylic acids is 2. The van der Waals surface area contributed by atoms with Crippen LogP contribution in [0.5, 0.6) is 5.75 Å². The molecular weight excluding hydrogens is 308 g/mol. The summed E-state index contributed by atoms with van der Waals surface area (Å²) in [5, 5.41) is 2.59. The summed E-state index contributed by atoms with van der Waals surface area (Å²) in [4.78, 5) is 24.4. The van der Waals surface area contributed by atoms with Crippen LogP contribution in [0, 0.1) is 0 Å². The topological polar surface area (TPSA) is 59.1 Å². The van der Waals surface area contributed by atoms with Crippen LogP contribution in [0.4, 0.5) is 4.79 Å². The van der Waals surface area contributed by atoms with Crippen LogP contribution < -0.4 is 4.74 Å². The summed E-state index contributed by atoms with van der Waals surface area (Å²) < 4.78 is 10.6. The van der Waals surface area contributed by atoms with Crippen molar-refractivity contribution in [2.45, 2.75) is 6.04 Å². The number of likely N-dealkylation sites (N-methyl/N-ethyl adjacent to an activating group) is 1. The van der Waals surface area contributed by atoms with Crippen LogP contribution >= 0.6 is 0 Å². The normalized spacial score (nSPS) is 18.1. The molecule has 1 saturated heterocycles. The maximum Gasteiger partial charge on any atom is 0.431 e. The first-order valence-corrected chi connectivity index (χ1v) is 7.62. The molecule has 1 unspecified atom stereocenters. The number of hydrazine groups is 1. The summed E-state index contributed by atoms with van der Waals surface area (Å²) in [6.07, 6.45) is -0.689. The van der Waals surface area contributed by atoms with E-state index in [0.29, 0.717) is 5.75 Å². The molecule has 0 N–H and O–H groups in total. The molecular formula is C18H18N2O4. The van der Waals surface area contributed by atoms with E-state index in [9.17, 15) is 9.59 Å². The van der Waals surface area contributed by atoms with Crippen molar-refractivity contribution in [3.63, 3.8) is 0 Å². The lowest BCUT2D eigenvalue weighted by molar-refractivity contribution is -0.157. The highest BCUT2D eigenvalue weighted by atomic mass is 16.6. The number of para-hydroxylation sites is 1. The van der Waals surface area contributed by atoms with Crippen molar-refractivity contribution in [2.75, 3.05) is 20.3 Å². The highest BCUT2D eigenvalue weighted by Crippen LogP contribution is 2.26. The van der Waals surface area contributed by atoms with Gasteiger partial charge in [0.1, 0.15) is 12.4 Å². The van der Waals surface area contributed by atoms with E-state index >= 15 is 0 Å². The summed E-state index contributed by atoms with van der Waals surface area (Å²) in [5.74, 6) is 0.0884. The summed E-state index contributed by atoms with van der Waals surface area (Å²) in [7, 11) is 1.69. The van der Waals surface area contributed by atoms with Crippen LogP contribution in [0.2, 0.25) is 0 Å². The van der Waals surface area contributed by atoms with Gasteiger partial charge in [0.2, 0.25) is 0 Å². The van der Waals surface area contributed by atoms with Crippen molar-refractivity contribution in [3.05, 3.63) is 66.2 Å². The van der Waals surface area contributed by atoms with Gasteiger partial charge < -0.3 is 9.47 Å². The van der Waals surface area contributed by atoms with Gasteiger partial charge in [-0.3, -0.25) is 4.79 Å². The summed E-state index contributed by atoms with van der Waals surface area (Å²) in [6, 6.07) is 18.4. The van der Waals surface area contributed by atoms with Crippen molar-refractivity contribution in [1.29, 1.82) is 0 Å². The van der Waals surface area contributed by atoms with Crippen molar-refractivity contribution in [2.24, 2.45) is 0 Å². The fourth-order valence-electron chi connectivity index (χ4n) is 2.58. The van der Waals surface area contributed by atoms with Gasteiger partial charge in [0.25, 0.3) is 5.91 Å². The van der Waals surface area contributed by atoms with Crippen molar-refractivity contribution in [3.8, 4) is 5.75 Å². The van der Waals surface area contributed by atoms with E-state index in [4.69, 9.17) is 9.47 Å². The fourth-order valence-corrected chi connectivity index (χ4v) is 2.58. The SMILES string of the molecule is CN1C(c2ccccc2)COC(=O)N1C(=O)COc1ccccc1. The Labute approximate surface area is 140 Å². The lowest BCUT2D eigenvalue weighted by Crippen LogP contribution is -2.56. The first-order chi connectivity index (χ1) is 11.7. The van der Waals surface area contributed by atoms with Crippen LogP contribution in [0.25, 0.3) is 0 Å². The van der Waals surface area contributed by atoms with Crippen LogP contribution in [0.1, 0.15) is 11.6 Å². The summed E-state index contributed by atoms with van der Waals surface area (Å²) in [6.45, 7) is -0.0480. The largest absolute Gasteiger partial charge is 0.484 e. The van der Waals surface area contributed by atoms with Gasteiger partial charge in [0.05, 0.1) is 6.04 Å². The molecule has 2 amide bonds. The molecule has 0 saturated carbocycles. The number of amides is 2. The van der Waals surface area contributed by atoms with Gasteiger partial charge in [-0.25, -0.2) is 9.80 Å². The van der Waals surface area contributed by atoms with Crippen LogP contribution in [-0.4, -0.2) is 42.3 Å². The number of carbonyl (C=O) groups is 2. The molecule has 2 aromatic rings. The smallest absolute Gasteiger partial charge is 0.431 e. The third kappa shape index (κ3) is 3.38. The minimum Gasteiger partial charge on any atom is -0.484 e. The number of rotatable bonds is 4. The Morgan fingerprint density at radius 2 is 1.75 bits per heavy atom. The molecule has 3 rings (SSSR count). The molecule has 0 aromatic heterocycles. The van der Waals surface area contributed by atoms with Crippen molar-refractivity contribution < 1.29 is 19.1 Å². The standard InChI is InChI=1S/C18H18N2O4/c1-19-16(14-8-4-2-5-9-14)12-24-18(22)20(19)17(21)13-23-15-10-6-3-7-11-15/h2-11,16H,12-13H2,1H3. The molecule has 0 radical (unpaired) electrons. The van der Waals surface area contributed by atoms with E-state index in [1.807, 2.05) is 48.5 Å². The van der Waals surface area contributed by atoms with Gasteiger partial charge in [-0.1, -0.05) is 48.5 Å². The maximum atomic E-state index is 12.4. The Morgan fingerprint density at radius 3 is 2.42 bits per heavy atom.